The summed E-state index contributed by atoms with van der Waals surface area (Å²) in [6.07, 6.45) is 8.03. The minimum Gasteiger partial charge on any atom is -0.361 e. The molecule has 0 radical (unpaired) electrons. The van der Waals surface area contributed by atoms with Gasteiger partial charge in [0, 0.05) is 29.2 Å². The summed E-state index contributed by atoms with van der Waals surface area (Å²) in [7, 11) is 0. The molecule has 0 atom stereocenters. The molecule has 2 rings (SSSR count). The topological polar surface area (TPSA) is 44.9 Å². The molecule has 0 bridgehead atoms. The van der Waals surface area contributed by atoms with Crippen LogP contribution in [0.3, 0.4) is 0 Å². The van der Waals surface area contributed by atoms with Crippen LogP contribution in [-0.4, -0.2) is 17.4 Å². The first kappa shape index (κ1) is 15.6. The number of carbonyl (C=O) groups excluding carboxylic acids is 1. The van der Waals surface area contributed by atoms with Crippen molar-refractivity contribution in [3.63, 3.8) is 0 Å². The van der Waals surface area contributed by atoms with Crippen LogP contribution in [0, 0.1) is 5.92 Å². The molecule has 21 heavy (non-hydrogen) atoms. The highest BCUT2D eigenvalue weighted by atomic mass is 16.1. The van der Waals surface area contributed by atoms with Crippen LogP contribution in [0.5, 0.6) is 0 Å². The Morgan fingerprint density at radius 2 is 1.95 bits per heavy atom. The molecule has 0 spiro atoms. The Morgan fingerprint density at radius 1 is 1.14 bits per heavy atom. The molecule has 0 saturated heterocycles. The van der Waals surface area contributed by atoms with E-state index in [2.05, 4.69) is 24.1 Å². The Hall–Kier alpha value is -1.77. The van der Waals surface area contributed by atoms with E-state index < -0.39 is 0 Å². The molecule has 0 aliphatic heterocycles. The lowest BCUT2D eigenvalue weighted by atomic mass is 10.0. The fraction of sp³-hybridized carbons (Fsp3) is 0.500. The highest BCUT2D eigenvalue weighted by Gasteiger charge is 2.05. The molecule has 0 unspecified atom stereocenters. The van der Waals surface area contributed by atoms with Crippen LogP contribution in [0.2, 0.25) is 0 Å². The zero-order chi connectivity index (χ0) is 15.1. The lowest BCUT2D eigenvalue weighted by Crippen LogP contribution is -2.24. The summed E-state index contributed by atoms with van der Waals surface area (Å²) in [5.74, 6) is 0.827. The Labute approximate surface area is 127 Å². The minimum absolute atomic E-state index is 0.0280. The molecule has 3 nitrogen and oxygen atoms in total. The van der Waals surface area contributed by atoms with Gasteiger partial charge in [-0.2, -0.15) is 0 Å². The van der Waals surface area contributed by atoms with Crippen LogP contribution in [0.25, 0.3) is 10.9 Å². The summed E-state index contributed by atoms with van der Waals surface area (Å²) in [5, 5.41) is 4.09. The lowest BCUT2D eigenvalue weighted by molar-refractivity contribution is 0.0953. The van der Waals surface area contributed by atoms with E-state index in [-0.39, 0.29) is 5.91 Å². The highest BCUT2D eigenvalue weighted by Crippen LogP contribution is 2.14. The van der Waals surface area contributed by atoms with Gasteiger partial charge in [-0.1, -0.05) is 39.5 Å². The predicted octanol–water partition coefficient (Wildman–Crippen LogP) is 4.50. The Bertz CT molecular complexity index is 571. The van der Waals surface area contributed by atoms with Crippen LogP contribution in [0.15, 0.2) is 30.5 Å². The van der Waals surface area contributed by atoms with E-state index in [0.717, 1.165) is 35.3 Å². The third kappa shape index (κ3) is 4.92. The van der Waals surface area contributed by atoms with Gasteiger partial charge >= 0.3 is 0 Å². The molecule has 2 aromatic rings. The quantitative estimate of drug-likeness (QED) is 0.689. The van der Waals surface area contributed by atoms with Gasteiger partial charge in [0.2, 0.25) is 0 Å². The van der Waals surface area contributed by atoms with E-state index in [1.807, 2.05) is 30.5 Å². The number of nitrogens with one attached hydrogen (secondary N) is 2. The van der Waals surface area contributed by atoms with Gasteiger partial charge in [-0.15, -0.1) is 0 Å². The maximum absolute atomic E-state index is 12.1. The number of H-pyrrole nitrogens is 1. The van der Waals surface area contributed by atoms with Gasteiger partial charge in [0.15, 0.2) is 0 Å². The number of rotatable bonds is 8. The number of hydrogen-bond acceptors (Lipinski definition) is 1. The van der Waals surface area contributed by atoms with E-state index in [0.29, 0.717) is 0 Å². The van der Waals surface area contributed by atoms with Crippen LogP contribution in [0.4, 0.5) is 0 Å². The summed E-state index contributed by atoms with van der Waals surface area (Å²) >= 11 is 0. The molecule has 0 aliphatic rings. The number of unbranched alkanes of at least 4 members (excludes halogenated alkanes) is 3. The smallest absolute Gasteiger partial charge is 0.251 e. The monoisotopic (exact) mass is 286 g/mol. The third-order valence-corrected chi connectivity index (χ3v) is 3.81. The highest BCUT2D eigenvalue weighted by molar-refractivity contribution is 5.98. The van der Waals surface area contributed by atoms with Gasteiger partial charge in [-0.3, -0.25) is 4.79 Å². The zero-order valence-electron chi connectivity index (χ0n) is 13.1. The number of hydrogen-bond donors (Lipinski definition) is 2. The molecular formula is C18H26N2O. The Morgan fingerprint density at radius 3 is 2.76 bits per heavy atom. The molecule has 0 saturated carbocycles. The second-order valence-corrected chi connectivity index (χ2v) is 6.13. The second-order valence-electron chi connectivity index (χ2n) is 6.13. The number of aromatic nitrogens is 1. The maximum atomic E-state index is 12.1. The molecule has 1 heterocycles. The van der Waals surface area contributed by atoms with E-state index in [1.54, 1.807) is 0 Å². The van der Waals surface area contributed by atoms with Crippen molar-refractivity contribution in [1.29, 1.82) is 0 Å². The van der Waals surface area contributed by atoms with Gasteiger partial charge in [0.05, 0.1) is 0 Å². The van der Waals surface area contributed by atoms with E-state index in [4.69, 9.17) is 0 Å². The first-order valence-electron chi connectivity index (χ1n) is 8.02. The van der Waals surface area contributed by atoms with Crippen molar-refractivity contribution >= 4 is 16.8 Å². The number of carbonyl (C=O) groups is 1. The summed E-state index contributed by atoms with van der Waals surface area (Å²) < 4.78 is 0. The summed E-state index contributed by atoms with van der Waals surface area (Å²) in [6, 6.07) is 7.75. The minimum atomic E-state index is 0.0280. The molecule has 1 amide bonds. The van der Waals surface area contributed by atoms with Gasteiger partial charge in [-0.05, 0) is 36.6 Å². The van der Waals surface area contributed by atoms with E-state index in [9.17, 15) is 4.79 Å². The summed E-state index contributed by atoms with van der Waals surface area (Å²) in [5.41, 5.74) is 1.80. The molecule has 0 aliphatic carbocycles. The van der Waals surface area contributed by atoms with Crippen LogP contribution < -0.4 is 5.32 Å². The van der Waals surface area contributed by atoms with Crippen molar-refractivity contribution in [2.45, 2.75) is 46.0 Å². The molecule has 1 aromatic carbocycles. The normalized spacial score (nSPS) is 11.2. The standard InChI is InChI=1S/C18H26N2O/c1-14(2)7-5-3-4-6-11-20-18(21)16-8-9-17-15(13-16)10-12-19-17/h8-10,12-14,19H,3-7,11H2,1-2H3,(H,20,21). The van der Waals surface area contributed by atoms with Crippen LogP contribution in [-0.2, 0) is 0 Å². The summed E-state index contributed by atoms with van der Waals surface area (Å²) in [4.78, 5) is 15.2. The Balaban J connectivity index is 1.67. The van der Waals surface area contributed by atoms with Crippen molar-refractivity contribution in [3.8, 4) is 0 Å². The van der Waals surface area contributed by atoms with Gasteiger partial charge < -0.3 is 10.3 Å². The average molecular weight is 286 g/mol. The molecular weight excluding hydrogens is 260 g/mol. The lowest BCUT2D eigenvalue weighted by Gasteiger charge is -2.06. The van der Waals surface area contributed by atoms with Crippen molar-refractivity contribution in [2.24, 2.45) is 5.92 Å². The molecule has 3 heteroatoms. The Kier molecular flexibility index (Phi) is 5.85. The van der Waals surface area contributed by atoms with Crippen molar-refractivity contribution in [1.82, 2.24) is 10.3 Å². The number of amides is 1. The molecule has 114 valence electrons. The molecule has 0 fully saturated rings. The summed E-state index contributed by atoms with van der Waals surface area (Å²) in [6.45, 7) is 5.30. The SMILES string of the molecule is CC(C)CCCCCCNC(=O)c1ccc2[nH]ccc2c1. The van der Waals surface area contributed by atoms with Crippen LogP contribution >= 0.6 is 0 Å². The van der Waals surface area contributed by atoms with E-state index in [1.165, 1.54) is 25.7 Å². The fourth-order valence-corrected chi connectivity index (χ4v) is 2.53. The first-order valence-corrected chi connectivity index (χ1v) is 8.02. The van der Waals surface area contributed by atoms with Crippen LogP contribution in [0.1, 0.15) is 56.3 Å². The van der Waals surface area contributed by atoms with Crippen molar-refractivity contribution in [3.05, 3.63) is 36.0 Å². The van der Waals surface area contributed by atoms with E-state index >= 15 is 0 Å². The number of fused-ring (bicyclic) bond motifs is 1. The molecule has 2 N–H and O–H groups in total. The van der Waals surface area contributed by atoms with Gasteiger partial charge in [0.1, 0.15) is 0 Å². The third-order valence-electron chi connectivity index (χ3n) is 3.81. The number of benzene rings is 1. The molecule has 1 aromatic heterocycles. The predicted molar refractivity (Wildman–Crippen MR) is 88.6 cm³/mol. The average Bonchev–Trinajstić information content (AvgIpc) is 2.93. The van der Waals surface area contributed by atoms with Gasteiger partial charge in [0.25, 0.3) is 5.91 Å². The fourth-order valence-electron chi connectivity index (χ4n) is 2.53. The maximum Gasteiger partial charge on any atom is 0.251 e. The van der Waals surface area contributed by atoms with Gasteiger partial charge in [-0.25, -0.2) is 0 Å². The van der Waals surface area contributed by atoms with Crippen molar-refractivity contribution < 1.29 is 4.79 Å². The largest absolute Gasteiger partial charge is 0.361 e. The van der Waals surface area contributed by atoms with Crippen molar-refractivity contribution in [2.75, 3.05) is 6.54 Å². The number of aromatic amines is 1. The first-order chi connectivity index (χ1) is 10.2. The zero-order valence-corrected chi connectivity index (χ0v) is 13.1. The second kappa shape index (κ2) is 7.87.